The summed E-state index contributed by atoms with van der Waals surface area (Å²) in [5.74, 6) is -1.33. The van der Waals surface area contributed by atoms with E-state index in [0.717, 1.165) is 16.5 Å². The van der Waals surface area contributed by atoms with Gasteiger partial charge < -0.3 is 29.4 Å². The van der Waals surface area contributed by atoms with E-state index >= 15 is 0 Å². The molecule has 0 radical (unpaired) electrons. The number of carbonyl (C=O) groups is 3. The first kappa shape index (κ1) is 28.4. The first-order valence-corrected chi connectivity index (χ1v) is 13.6. The van der Waals surface area contributed by atoms with Gasteiger partial charge in [-0.05, 0) is 49.2 Å². The molecule has 2 aromatic carbocycles. The normalized spacial score (nSPS) is 16.9. The van der Waals surface area contributed by atoms with Gasteiger partial charge in [-0.3, -0.25) is 14.4 Å². The van der Waals surface area contributed by atoms with Crippen molar-refractivity contribution in [3.05, 3.63) is 65.3 Å². The minimum Gasteiger partial charge on any atom is -0.494 e. The van der Waals surface area contributed by atoms with Gasteiger partial charge >= 0.3 is 5.97 Å². The molecule has 0 spiro atoms. The van der Waals surface area contributed by atoms with Gasteiger partial charge in [0.15, 0.2) is 0 Å². The van der Waals surface area contributed by atoms with E-state index in [-0.39, 0.29) is 32.0 Å². The zero-order chi connectivity index (χ0) is 27.6. The SMILES string of the molecule is CCOC(=O)C[C@@H](CCOc1ccc(Cl)cc1)C(=O)NC1Cc2cn(c3ccccc23)CCOCCNC1=O. The van der Waals surface area contributed by atoms with Crippen molar-refractivity contribution in [1.29, 1.82) is 0 Å². The minimum absolute atomic E-state index is 0.120. The molecule has 1 aliphatic rings. The van der Waals surface area contributed by atoms with E-state index in [4.69, 9.17) is 25.8 Å². The smallest absolute Gasteiger partial charge is 0.306 e. The topological polar surface area (TPSA) is 108 Å². The van der Waals surface area contributed by atoms with Crippen LogP contribution in [0.4, 0.5) is 0 Å². The first-order chi connectivity index (χ1) is 18.9. The number of halogens is 1. The fourth-order valence-corrected chi connectivity index (χ4v) is 4.75. The van der Waals surface area contributed by atoms with Crippen LogP contribution in [0, 0.1) is 5.92 Å². The van der Waals surface area contributed by atoms with Gasteiger partial charge in [-0.25, -0.2) is 0 Å². The number of hydrogen-bond donors (Lipinski definition) is 2. The summed E-state index contributed by atoms with van der Waals surface area (Å²) in [6, 6.07) is 14.0. The van der Waals surface area contributed by atoms with E-state index in [9.17, 15) is 14.4 Å². The molecule has 2 atom stereocenters. The molecule has 0 saturated carbocycles. The van der Waals surface area contributed by atoms with Crippen molar-refractivity contribution >= 4 is 40.3 Å². The maximum atomic E-state index is 13.5. The number of aromatic nitrogens is 1. The van der Waals surface area contributed by atoms with Crippen LogP contribution >= 0.6 is 11.6 Å². The van der Waals surface area contributed by atoms with Gasteiger partial charge in [0.2, 0.25) is 11.8 Å². The molecule has 1 unspecified atom stereocenters. The Hall–Kier alpha value is -3.56. The molecule has 3 aromatic rings. The molecule has 0 fully saturated rings. The van der Waals surface area contributed by atoms with Crippen molar-refractivity contribution < 1.29 is 28.6 Å². The van der Waals surface area contributed by atoms with Gasteiger partial charge in [0.05, 0.1) is 38.8 Å². The average molecular weight is 556 g/mol. The van der Waals surface area contributed by atoms with Crippen LogP contribution in [-0.2, 0) is 36.8 Å². The molecule has 9 nitrogen and oxygen atoms in total. The van der Waals surface area contributed by atoms with Gasteiger partial charge in [-0.1, -0.05) is 29.8 Å². The Kier molecular flexibility index (Phi) is 10.2. The molecule has 1 aromatic heterocycles. The number of ether oxygens (including phenoxy) is 3. The van der Waals surface area contributed by atoms with Gasteiger partial charge in [0.1, 0.15) is 11.8 Å². The Labute approximate surface area is 232 Å². The van der Waals surface area contributed by atoms with Crippen LogP contribution in [0.15, 0.2) is 54.7 Å². The number of benzene rings is 2. The average Bonchev–Trinajstić information content (AvgIpc) is 3.27. The predicted molar refractivity (Wildman–Crippen MR) is 148 cm³/mol. The molecule has 39 heavy (non-hydrogen) atoms. The van der Waals surface area contributed by atoms with E-state index in [1.807, 2.05) is 30.5 Å². The van der Waals surface area contributed by atoms with Crippen LogP contribution < -0.4 is 15.4 Å². The number of amides is 2. The summed E-state index contributed by atoms with van der Waals surface area (Å²) < 4.78 is 18.7. The summed E-state index contributed by atoms with van der Waals surface area (Å²) in [6.45, 7) is 4.03. The quantitative estimate of drug-likeness (QED) is 0.391. The molecule has 0 saturated heterocycles. The van der Waals surface area contributed by atoms with Crippen molar-refractivity contribution in [3.8, 4) is 5.75 Å². The third-order valence-electron chi connectivity index (χ3n) is 6.59. The molecule has 4 rings (SSSR count). The molecule has 2 amide bonds. The lowest BCUT2D eigenvalue weighted by molar-refractivity contribution is -0.146. The van der Waals surface area contributed by atoms with Crippen LogP contribution in [0.5, 0.6) is 5.75 Å². The Morgan fingerprint density at radius 3 is 2.77 bits per heavy atom. The minimum atomic E-state index is -0.835. The predicted octanol–water partition coefficient (Wildman–Crippen LogP) is 3.51. The summed E-state index contributed by atoms with van der Waals surface area (Å²) >= 11 is 5.93. The highest BCUT2D eigenvalue weighted by atomic mass is 35.5. The van der Waals surface area contributed by atoms with Crippen LogP contribution in [-0.4, -0.2) is 61.4 Å². The maximum Gasteiger partial charge on any atom is 0.306 e. The number of para-hydroxylation sites is 1. The van der Waals surface area contributed by atoms with Gasteiger partial charge in [0.25, 0.3) is 0 Å². The van der Waals surface area contributed by atoms with Crippen molar-refractivity contribution in [2.24, 2.45) is 5.92 Å². The van der Waals surface area contributed by atoms with Crippen molar-refractivity contribution in [1.82, 2.24) is 15.2 Å². The van der Waals surface area contributed by atoms with E-state index < -0.39 is 23.8 Å². The highest BCUT2D eigenvalue weighted by Crippen LogP contribution is 2.23. The fraction of sp³-hybridized carbons (Fsp3) is 0.414. The number of rotatable bonds is 9. The van der Waals surface area contributed by atoms with Crippen molar-refractivity contribution in [2.75, 3.05) is 33.0 Å². The highest BCUT2D eigenvalue weighted by molar-refractivity contribution is 6.30. The molecule has 10 heteroatoms. The lowest BCUT2D eigenvalue weighted by Gasteiger charge is -2.22. The summed E-state index contributed by atoms with van der Waals surface area (Å²) in [5.41, 5.74) is 1.99. The summed E-state index contributed by atoms with van der Waals surface area (Å²) in [6.07, 6.45) is 2.46. The molecular weight excluding hydrogens is 522 g/mol. The number of carbonyl (C=O) groups excluding carboxylic acids is 3. The first-order valence-electron chi connectivity index (χ1n) is 13.2. The largest absolute Gasteiger partial charge is 0.494 e. The number of nitrogens with zero attached hydrogens (tertiary/aromatic N) is 1. The number of nitrogens with one attached hydrogen (secondary N) is 2. The monoisotopic (exact) mass is 555 g/mol. The maximum absolute atomic E-state index is 13.5. The molecule has 2 heterocycles. The van der Waals surface area contributed by atoms with E-state index in [2.05, 4.69) is 15.2 Å². The Morgan fingerprint density at radius 2 is 1.97 bits per heavy atom. The van der Waals surface area contributed by atoms with E-state index in [1.165, 1.54) is 0 Å². The molecular formula is C29H34ClN3O6. The van der Waals surface area contributed by atoms with Crippen LogP contribution in [0.1, 0.15) is 25.3 Å². The summed E-state index contributed by atoms with van der Waals surface area (Å²) in [4.78, 5) is 39.0. The van der Waals surface area contributed by atoms with E-state index in [1.54, 1.807) is 31.2 Å². The van der Waals surface area contributed by atoms with Gasteiger partial charge in [-0.2, -0.15) is 0 Å². The molecule has 2 N–H and O–H groups in total. The second-order valence-corrected chi connectivity index (χ2v) is 9.77. The summed E-state index contributed by atoms with van der Waals surface area (Å²) in [5, 5.41) is 7.37. The number of esters is 1. The van der Waals surface area contributed by atoms with Crippen LogP contribution in [0.3, 0.4) is 0 Å². The molecule has 0 aliphatic carbocycles. The van der Waals surface area contributed by atoms with Crippen LogP contribution in [0.25, 0.3) is 10.9 Å². The fourth-order valence-electron chi connectivity index (χ4n) is 4.62. The van der Waals surface area contributed by atoms with Gasteiger partial charge in [0, 0.05) is 41.6 Å². The molecule has 2 bridgehead atoms. The Balaban J connectivity index is 1.51. The number of hydrogen-bond acceptors (Lipinski definition) is 6. The van der Waals surface area contributed by atoms with E-state index in [0.29, 0.717) is 43.5 Å². The van der Waals surface area contributed by atoms with Crippen molar-refractivity contribution in [3.63, 3.8) is 0 Å². The zero-order valence-electron chi connectivity index (χ0n) is 22.0. The lowest BCUT2D eigenvalue weighted by Crippen LogP contribution is -2.50. The summed E-state index contributed by atoms with van der Waals surface area (Å²) in [7, 11) is 0. The third kappa shape index (κ3) is 7.97. The zero-order valence-corrected chi connectivity index (χ0v) is 22.7. The molecule has 208 valence electrons. The van der Waals surface area contributed by atoms with Crippen LogP contribution in [0.2, 0.25) is 5.02 Å². The lowest BCUT2D eigenvalue weighted by atomic mass is 9.98. The highest BCUT2D eigenvalue weighted by Gasteiger charge is 2.29. The standard InChI is InChI=1S/C29H34ClN3O6/c1-2-38-27(34)18-20(11-14-39-23-9-7-22(30)8-10-23)28(35)32-25-17-21-19-33(26-6-4-3-5-24(21)26)13-16-37-15-12-31-29(25)36/h3-10,19-20,25H,2,11-18H2,1H3,(H,31,36)(H,32,35)/t20-,25?/m1/s1. The second kappa shape index (κ2) is 14.0. The van der Waals surface area contributed by atoms with Crippen molar-refractivity contribution in [2.45, 2.75) is 38.8 Å². The number of fused-ring (bicyclic) bond motifs is 5. The second-order valence-electron chi connectivity index (χ2n) is 9.33. The van der Waals surface area contributed by atoms with Gasteiger partial charge in [-0.15, -0.1) is 0 Å². The Morgan fingerprint density at radius 1 is 1.18 bits per heavy atom. The Bertz CT molecular complexity index is 1280. The molecule has 1 aliphatic heterocycles. The third-order valence-corrected chi connectivity index (χ3v) is 6.84.